The van der Waals surface area contributed by atoms with Gasteiger partial charge in [-0.25, -0.2) is 5.43 Å². The SMILES string of the molecule is COc1c(C(NN)c2cc(Cl)ccc2C)ccc(C)c1C. The second-order valence-corrected chi connectivity index (χ2v) is 5.67. The number of ether oxygens (including phenoxy) is 1. The summed E-state index contributed by atoms with van der Waals surface area (Å²) in [5.41, 5.74) is 8.38. The first-order valence-corrected chi connectivity index (χ1v) is 7.23. The second kappa shape index (κ2) is 6.48. The highest BCUT2D eigenvalue weighted by Crippen LogP contribution is 2.35. The number of nitrogens with one attached hydrogen (secondary N) is 1. The summed E-state index contributed by atoms with van der Waals surface area (Å²) in [4.78, 5) is 0. The zero-order chi connectivity index (χ0) is 15.6. The Hall–Kier alpha value is -1.55. The van der Waals surface area contributed by atoms with Gasteiger partial charge in [0.05, 0.1) is 13.2 Å². The minimum atomic E-state index is -0.169. The van der Waals surface area contributed by atoms with Crippen molar-refractivity contribution in [3.8, 4) is 5.75 Å². The van der Waals surface area contributed by atoms with Crippen molar-refractivity contribution < 1.29 is 4.74 Å². The molecule has 2 aromatic carbocycles. The van der Waals surface area contributed by atoms with Crippen molar-refractivity contribution in [1.82, 2.24) is 5.43 Å². The summed E-state index contributed by atoms with van der Waals surface area (Å²) in [6.07, 6.45) is 0. The minimum Gasteiger partial charge on any atom is -0.496 e. The van der Waals surface area contributed by atoms with E-state index < -0.39 is 0 Å². The van der Waals surface area contributed by atoms with E-state index in [1.165, 1.54) is 5.56 Å². The van der Waals surface area contributed by atoms with Crippen LogP contribution in [0.3, 0.4) is 0 Å². The molecule has 112 valence electrons. The highest BCUT2D eigenvalue weighted by atomic mass is 35.5. The smallest absolute Gasteiger partial charge is 0.127 e. The van der Waals surface area contributed by atoms with E-state index in [9.17, 15) is 0 Å². The topological polar surface area (TPSA) is 47.3 Å². The Bertz CT molecular complexity index is 655. The Balaban J connectivity index is 2.62. The Morgan fingerprint density at radius 1 is 1.05 bits per heavy atom. The Morgan fingerprint density at radius 3 is 2.33 bits per heavy atom. The largest absolute Gasteiger partial charge is 0.496 e. The van der Waals surface area contributed by atoms with Crippen molar-refractivity contribution in [1.29, 1.82) is 0 Å². The number of hydrazine groups is 1. The van der Waals surface area contributed by atoms with Crippen LogP contribution < -0.4 is 16.0 Å². The van der Waals surface area contributed by atoms with Gasteiger partial charge in [-0.15, -0.1) is 0 Å². The number of methoxy groups -OCH3 is 1. The van der Waals surface area contributed by atoms with Crippen LogP contribution in [0.2, 0.25) is 5.02 Å². The molecule has 0 saturated heterocycles. The predicted molar refractivity (Wildman–Crippen MR) is 87.8 cm³/mol. The number of hydrogen-bond donors (Lipinski definition) is 2. The quantitative estimate of drug-likeness (QED) is 0.666. The van der Waals surface area contributed by atoms with Gasteiger partial charge in [-0.1, -0.05) is 29.8 Å². The van der Waals surface area contributed by atoms with Gasteiger partial charge in [0.25, 0.3) is 0 Å². The van der Waals surface area contributed by atoms with E-state index in [0.717, 1.165) is 28.0 Å². The first-order valence-electron chi connectivity index (χ1n) is 6.85. The van der Waals surface area contributed by atoms with Gasteiger partial charge in [0, 0.05) is 10.6 Å². The number of nitrogens with two attached hydrogens (primary N) is 1. The molecule has 0 amide bonds. The molecule has 0 fully saturated rings. The minimum absolute atomic E-state index is 0.169. The lowest BCUT2D eigenvalue weighted by Gasteiger charge is -2.23. The molecule has 1 unspecified atom stereocenters. The average molecular weight is 305 g/mol. The fourth-order valence-electron chi connectivity index (χ4n) is 2.58. The Kier molecular flexibility index (Phi) is 4.88. The van der Waals surface area contributed by atoms with Crippen LogP contribution in [0.4, 0.5) is 0 Å². The van der Waals surface area contributed by atoms with Gasteiger partial charge in [-0.05, 0) is 55.2 Å². The van der Waals surface area contributed by atoms with Crippen molar-refractivity contribution in [2.45, 2.75) is 26.8 Å². The summed E-state index contributed by atoms with van der Waals surface area (Å²) in [5.74, 6) is 6.68. The number of halogens is 1. The van der Waals surface area contributed by atoms with Crippen molar-refractivity contribution in [2.24, 2.45) is 5.84 Å². The molecular formula is C17H21ClN2O. The lowest BCUT2D eigenvalue weighted by atomic mass is 9.92. The summed E-state index contributed by atoms with van der Waals surface area (Å²) >= 11 is 6.14. The van der Waals surface area contributed by atoms with Crippen LogP contribution in [0.15, 0.2) is 30.3 Å². The normalized spacial score (nSPS) is 12.3. The van der Waals surface area contributed by atoms with Gasteiger partial charge in [0.15, 0.2) is 0 Å². The molecule has 1 atom stereocenters. The molecule has 2 rings (SSSR count). The summed E-state index contributed by atoms with van der Waals surface area (Å²) in [7, 11) is 1.68. The lowest BCUT2D eigenvalue weighted by molar-refractivity contribution is 0.400. The number of aryl methyl sites for hydroxylation is 2. The Labute approximate surface area is 131 Å². The van der Waals surface area contributed by atoms with Crippen LogP contribution in [0.5, 0.6) is 5.75 Å². The number of benzene rings is 2. The molecule has 0 aromatic heterocycles. The maximum Gasteiger partial charge on any atom is 0.127 e. The molecule has 0 aliphatic heterocycles. The monoisotopic (exact) mass is 304 g/mol. The molecule has 0 radical (unpaired) electrons. The van der Waals surface area contributed by atoms with Gasteiger partial charge < -0.3 is 4.74 Å². The van der Waals surface area contributed by atoms with Gasteiger partial charge >= 0.3 is 0 Å². The van der Waals surface area contributed by atoms with Gasteiger partial charge in [0.1, 0.15) is 5.75 Å². The molecule has 0 spiro atoms. The van der Waals surface area contributed by atoms with E-state index >= 15 is 0 Å². The molecule has 0 bridgehead atoms. The third-order valence-electron chi connectivity index (χ3n) is 3.94. The van der Waals surface area contributed by atoms with E-state index in [2.05, 4.69) is 25.3 Å². The predicted octanol–water partition coefficient (Wildman–Crippen LogP) is 3.83. The van der Waals surface area contributed by atoms with Crippen molar-refractivity contribution in [2.75, 3.05) is 7.11 Å². The molecular weight excluding hydrogens is 284 g/mol. The molecule has 4 heteroatoms. The summed E-state index contributed by atoms with van der Waals surface area (Å²) in [6.45, 7) is 6.16. The molecule has 0 aliphatic rings. The maximum absolute atomic E-state index is 6.14. The first-order chi connectivity index (χ1) is 9.99. The highest BCUT2D eigenvalue weighted by molar-refractivity contribution is 6.30. The number of hydrogen-bond acceptors (Lipinski definition) is 3. The molecule has 3 N–H and O–H groups in total. The fourth-order valence-corrected chi connectivity index (χ4v) is 2.76. The van der Waals surface area contributed by atoms with Crippen LogP contribution >= 0.6 is 11.6 Å². The second-order valence-electron chi connectivity index (χ2n) is 5.23. The molecule has 0 saturated carbocycles. The fraction of sp³-hybridized carbons (Fsp3) is 0.294. The summed E-state index contributed by atoms with van der Waals surface area (Å²) < 4.78 is 5.60. The zero-order valence-corrected chi connectivity index (χ0v) is 13.6. The zero-order valence-electron chi connectivity index (χ0n) is 12.8. The highest BCUT2D eigenvalue weighted by Gasteiger charge is 2.20. The first kappa shape index (κ1) is 15.8. The molecule has 3 nitrogen and oxygen atoms in total. The lowest BCUT2D eigenvalue weighted by Crippen LogP contribution is -2.30. The van der Waals surface area contributed by atoms with E-state index in [0.29, 0.717) is 5.02 Å². The van der Waals surface area contributed by atoms with Crippen molar-refractivity contribution in [3.05, 3.63) is 63.2 Å². The maximum atomic E-state index is 6.14. The molecule has 2 aromatic rings. The van der Waals surface area contributed by atoms with Crippen molar-refractivity contribution in [3.63, 3.8) is 0 Å². The molecule has 0 heterocycles. The summed E-state index contributed by atoms with van der Waals surface area (Å²) in [6, 6.07) is 9.78. The van der Waals surface area contributed by atoms with Crippen LogP contribution in [-0.2, 0) is 0 Å². The van der Waals surface area contributed by atoms with Gasteiger partial charge in [0.2, 0.25) is 0 Å². The van der Waals surface area contributed by atoms with E-state index in [1.54, 1.807) is 7.11 Å². The Morgan fingerprint density at radius 2 is 1.71 bits per heavy atom. The van der Waals surface area contributed by atoms with Gasteiger partial charge in [-0.2, -0.15) is 0 Å². The van der Waals surface area contributed by atoms with Gasteiger partial charge in [-0.3, -0.25) is 5.84 Å². The third-order valence-corrected chi connectivity index (χ3v) is 4.18. The standard InChI is InChI=1S/C17H21ClN2O/c1-10-6-8-14(17(21-4)12(10)3)16(20-19)15-9-13(18)7-5-11(15)2/h5-9,16,20H,19H2,1-4H3. The summed E-state index contributed by atoms with van der Waals surface area (Å²) in [5, 5.41) is 0.693. The van der Waals surface area contributed by atoms with E-state index in [4.69, 9.17) is 22.2 Å². The van der Waals surface area contributed by atoms with Crippen molar-refractivity contribution >= 4 is 11.6 Å². The van der Waals surface area contributed by atoms with Crippen LogP contribution in [0, 0.1) is 20.8 Å². The van der Waals surface area contributed by atoms with E-state index in [-0.39, 0.29) is 6.04 Å². The average Bonchev–Trinajstić information content (AvgIpc) is 2.47. The van der Waals surface area contributed by atoms with Crippen LogP contribution in [0.25, 0.3) is 0 Å². The van der Waals surface area contributed by atoms with E-state index in [1.807, 2.05) is 31.2 Å². The third kappa shape index (κ3) is 3.05. The van der Waals surface area contributed by atoms with Crippen LogP contribution in [-0.4, -0.2) is 7.11 Å². The molecule has 21 heavy (non-hydrogen) atoms. The number of rotatable bonds is 4. The van der Waals surface area contributed by atoms with Crippen LogP contribution in [0.1, 0.15) is 33.9 Å². The molecule has 0 aliphatic carbocycles.